The van der Waals surface area contributed by atoms with Crippen LogP contribution in [0.25, 0.3) is 0 Å². The first-order valence-electron chi connectivity index (χ1n) is 6.65. The molecule has 1 fully saturated rings. The molecule has 0 bridgehead atoms. The number of rotatable bonds is 0. The van der Waals surface area contributed by atoms with E-state index in [9.17, 15) is 74.6 Å². The molecule has 0 aromatic rings. The second-order valence-electron chi connectivity index (χ2n) is 5.78. The van der Waals surface area contributed by atoms with Gasteiger partial charge in [0.1, 0.15) is 6.17 Å². The summed E-state index contributed by atoms with van der Waals surface area (Å²) < 4.78 is 227. The van der Waals surface area contributed by atoms with Gasteiger partial charge in [0.15, 0.2) is 0 Å². The Morgan fingerprint density at radius 3 is 1.17 bits per heavy atom. The Morgan fingerprint density at radius 1 is 0.483 bits per heavy atom. The highest BCUT2D eigenvalue weighted by Crippen LogP contribution is 2.64. The van der Waals surface area contributed by atoms with Gasteiger partial charge in [0.2, 0.25) is 0 Å². The van der Waals surface area contributed by atoms with Crippen LogP contribution in [0.5, 0.6) is 0 Å². The molecular weight excluding hydrogens is 471 g/mol. The Morgan fingerprint density at radius 2 is 0.793 bits per heavy atom. The first-order valence-corrected chi connectivity index (χ1v) is 6.65. The fourth-order valence-corrected chi connectivity index (χ4v) is 1.95. The largest absolute Gasteiger partial charge is 0.426 e. The van der Waals surface area contributed by atoms with Crippen LogP contribution in [0.1, 0.15) is 6.42 Å². The summed E-state index contributed by atoms with van der Waals surface area (Å²) in [4.78, 5) is 0. The molecule has 0 N–H and O–H groups in total. The number of halogens is 17. The number of hydrogen-bond acceptors (Lipinski definition) is 1. The summed E-state index contributed by atoms with van der Waals surface area (Å²) in [6, 6.07) is 0. The summed E-state index contributed by atoms with van der Waals surface area (Å²) in [7, 11) is 0. The first-order chi connectivity index (χ1) is 12.4. The van der Waals surface area contributed by atoms with Gasteiger partial charge in [-0.25, -0.2) is 4.39 Å². The zero-order valence-corrected chi connectivity index (χ0v) is 12.8. The molecule has 1 nitrogen and oxygen atoms in total. The minimum Gasteiger partial charge on any atom is -0.312 e. The molecule has 1 saturated heterocycles. The highest BCUT2D eigenvalue weighted by molar-refractivity contribution is 5.15. The molecule has 1 atom stereocenters. The zero-order valence-electron chi connectivity index (χ0n) is 12.8. The van der Waals surface area contributed by atoms with Crippen LogP contribution in [0.4, 0.5) is 74.6 Å². The average Bonchev–Trinajstić information content (AvgIpc) is 2.50. The lowest BCUT2D eigenvalue weighted by atomic mass is 9.87. The van der Waals surface area contributed by atoms with E-state index in [4.69, 9.17) is 0 Å². The molecule has 0 spiro atoms. The van der Waals surface area contributed by atoms with Gasteiger partial charge in [0.25, 0.3) is 0 Å². The van der Waals surface area contributed by atoms with Crippen LogP contribution in [0.3, 0.4) is 0 Å². The summed E-state index contributed by atoms with van der Waals surface area (Å²) in [6.07, 6.45) is -14.4. The molecule has 18 heteroatoms. The molecule has 1 rings (SSSR count). The van der Waals surface area contributed by atoms with Crippen LogP contribution in [0.2, 0.25) is 0 Å². The minimum absolute atomic E-state index is 2.46. The van der Waals surface area contributed by atoms with Gasteiger partial charge in [-0.2, -0.15) is 70.2 Å². The topological polar surface area (TPSA) is 9.23 Å². The van der Waals surface area contributed by atoms with Crippen molar-refractivity contribution in [3.05, 3.63) is 0 Å². The normalized spacial score (nSPS) is 34.4. The number of ether oxygens (including phenoxy) is 1. The molecule has 0 aliphatic carbocycles. The van der Waals surface area contributed by atoms with Crippen LogP contribution >= 0.6 is 0 Å². The average molecular weight is 476 g/mol. The van der Waals surface area contributed by atoms with Crippen molar-refractivity contribution in [2.75, 3.05) is 6.61 Å². The molecule has 0 radical (unpaired) electrons. The third kappa shape index (κ3) is 3.10. The first kappa shape index (κ1) is 25.8. The lowest BCUT2D eigenvalue weighted by molar-refractivity contribution is -0.476. The maximum absolute atomic E-state index is 13.3. The smallest absolute Gasteiger partial charge is 0.312 e. The molecule has 0 saturated carbocycles. The fraction of sp³-hybridized carbons (Fsp3) is 1.00. The molecule has 0 amide bonds. The van der Waals surface area contributed by atoms with Crippen LogP contribution in [0.15, 0.2) is 0 Å². The van der Waals surface area contributed by atoms with E-state index in [0.29, 0.717) is 0 Å². The van der Waals surface area contributed by atoms with Gasteiger partial charge in [-0.1, -0.05) is 0 Å². The second kappa shape index (κ2) is 6.38. The van der Waals surface area contributed by atoms with E-state index in [-0.39, 0.29) is 0 Å². The van der Waals surface area contributed by atoms with Crippen molar-refractivity contribution in [3.63, 3.8) is 0 Å². The monoisotopic (exact) mass is 476 g/mol. The summed E-state index contributed by atoms with van der Waals surface area (Å²) in [5.74, 6) is -55.8. The van der Waals surface area contributed by atoms with Gasteiger partial charge in [-0.15, -0.1) is 0 Å². The van der Waals surface area contributed by atoms with Crippen LogP contribution < -0.4 is 0 Å². The Balaban J connectivity index is 3.90. The molecule has 1 unspecified atom stereocenters. The van der Waals surface area contributed by atoms with Crippen LogP contribution in [-0.4, -0.2) is 60.3 Å². The number of alkyl halides is 17. The van der Waals surface area contributed by atoms with E-state index in [0.717, 1.165) is 0 Å². The van der Waals surface area contributed by atoms with E-state index >= 15 is 0 Å². The molecule has 174 valence electrons. The van der Waals surface area contributed by atoms with E-state index in [1.807, 2.05) is 0 Å². The lowest BCUT2D eigenvalue weighted by Crippen LogP contribution is -2.75. The van der Waals surface area contributed by atoms with Gasteiger partial charge < -0.3 is 4.74 Å². The predicted molar refractivity (Wildman–Crippen MR) is 55.0 cm³/mol. The summed E-state index contributed by atoms with van der Waals surface area (Å²) >= 11 is 0. The molecule has 1 heterocycles. The zero-order chi connectivity index (χ0) is 23.7. The maximum atomic E-state index is 13.3. The Kier molecular flexibility index (Phi) is 5.68. The molecule has 29 heavy (non-hydrogen) atoms. The fourth-order valence-electron chi connectivity index (χ4n) is 1.95. The van der Waals surface area contributed by atoms with Gasteiger partial charge in [-0.3, -0.25) is 0 Å². The molecule has 1 aliphatic heterocycles. The van der Waals surface area contributed by atoms with Crippen molar-refractivity contribution < 1.29 is 79.4 Å². The van der Waals surface area contributed by atoms with Crippen molar-refractivity contribution in [1.82, 2.24) is 0 Å². The summed E-state index contributed by atoms with van der Waals surface area (Å²) in [5, 5.41) is 0. The van der Waals surface area contributed by atoms with Gasteiger partial charge in [0.05, 0.1) is 13.0 Å². The van der Waals surface area contributed by atoms with Gasteiger partial charge in [-0.05, 0) is 0 Å². The highest BCUT2D eigenvalue weighted by Gasteiger charge is 2.95. The van der Waals surface area contributed by atoms with Crippen molar-refractivity contribution in [1.29, 1.82) is 0 Å². The van der Waals surface area contributed by atoms with Gasteiger partial charge >= 0.3 is 47.6 Å². The Hall–Kier alpha value is -1.23. The standard InChI is InChI=1S/C11H5F17O/c12-3-1-4(13,14)5(15,16)6(17,18)7(19,20)8(21,22)9(23,24)10(25,26)11(27,28)29-2-3/h3H,1-2H2. The second-order valence-corrected chi connectivity index (χ2v) is 5.78. The minimum atomic E-state index is -8.49. The molecule has 0 aromatic carbocycles. The van der Waals surface area contributed by atoms with Crippen molar-refractivity contribution in [3.8, 4) is 0 Å². The Labute approximate surface area is 147 Å². The lowest BCUT2D eigenvalue weighted by Gasteiger charge is -2.44. The quantitative estimate of drug-likeness (QED) is 0.403. The van der Waals surface area contributed by atoms with E-state index in [2.05, 4.69) is 4.74 Å². The SMILES string of the molecule is FC1COC(F)(F)C(F)(F)C(F)(F)C(F)(F)C(F)(F)C(F)(F)C(F)(F)C(F)(F)C1. The number of hydrogen-bond donors (Lipinski definition) is 0. The van der Waals surface area contributed by atoms with E-state index in [1.165, 1.54) is 0 Å². The third-order valence-corrected chi connectivity index (χ3v) is 3.72. The van der Waals surface area contributed by atoms with Crippen LogP contribution in [0, 0.1) is 0 Å². The summed E-state index contributed by atoms with van der Waals surface area (Å²) in [6.45, 7) is -2.89. The van der Waals surface area contributed by atoms with E-state index in [1.54, 1.807) is 0 Å². The maximum Gasteiger partial charge on any atom is 0.426 e. The third-order valence-electron chi connectivity index (χ3n) is 3.72. The predicted octanol–water partition coefficient (Wildman–Crippen LogP) is 5.78. The van der Waals surface area contributed by atoms with Crippen molar-refractivity contribution in [2.24, 2.45) is 0 Å². The van der Waals surface area contributed by atoms with Gasteiger partial charge in [0, 0.05) is 0 Å². The molecular formula is C11H5F17O. The Bertz CT molecular complexity index is 623. The molecule has 0 aromatic heterocycles. The van der Waals surface area contributed by atoms with E-state index < -0.39 is 66.8 Å². The van der Waals surface area contributed by atoms with Crippen molar-refractivity contribution >= 4 is 0 Å². The summed E-state index contributed by atoms with van der Waals surface area (Å²) in [5.41, 5.74) is 0. The molecule has 1 aliphatic rings. The highest BCUT2D eigenvalue weighted by atomic mass is 19.4. The van der Waals surface area contributed by atoms with Crippen LogP contribution in [-0.2, 0) is 4.74 Å². The van der Waals surface area contributed by atoms with Crippen molar-refractivity contribution in [2.45, 2.75) is 60.2 Å².